The van der Waals surface area contributed by atoms with E-state index in [9.17, 15) is 0 Å². The van der Waals surface area contributed by atoms with E-state index in [0.717, 1.165) is 28.2 Å². The zero-order valence-electron chi connectivity index (χ0n) is 11.9. The average Bonchev–Trinajstić information content (AvgIpc) is 2.54. The van der Waals surface area contributed by atoms with Gasteiger partial charge in [0.05, 0.1) is 41.8 Å². The fraction of sp³-hybridized carbons (Fsp3) is 0.176. The van der Waals surface area contributed by atoms with Gasteiger partial charge in [0, 0.05) is 0 Å². The van der Waals surface area contributed by atoms with Gasteiger partial charge in [-0.3, -0.25) is 4.98 Å². The van der Waals surface area contributed by atoms with Crippen LogP contribution >= 0.6 is 0 Å². The normalized spacial score (nSPS) is 10.5. The first kappa shape index (κ1) is 13.4. The van der Waals surface area contributed by atoms with E-state index in [2.05, 4.69) is 15.3 Å². The molecule has 0 aliphatic carbocycles. The highest BCUT2D eigenvalue weighted by atomic mass is 16.5. The summed E-state index contributed by atoms with van der Waals surface area (Å²) >= 11 is 0. The van der Waals surface area contributed by atoms with Gasteiger partial charge >= 0.3 is 0 Å². The zero-order valence-corrected chi connectivity index (χ0v) is 11.9. The predicted octanol–water partition coefficient (Wildman–Crippen LogP) is 3.64. The standard InChI is InChI=1S/C17H17N3O/c1-2-21-17-10-6-5-9-16(17)19-12-13-11-18-14-7-3-4-8-15(14)20-13/h3-11,19H,2,12H2,1H3. The molecule has 0 spiro atoms. The van der Waals surface area contributed by atoms with Crippen LogP contribution in [-0.4, -0.2) is 16.6 Å². The molecular formula is C17H17N3O. The third kappa shape index (κ3) is 3.11. The maximum absolute atomic E-state index is 5.60. The van der Waals surface area contributed by atoms with Gasteiger partial charge in [-0.15, -0.1) is 0 Å². The fourth-order valence-corrected chi connectivity index (χ4v) is 2.16. The number of ether oxygens (including phenoxy) is 1. The van der Waals surface area contributed by atoms with Gasteiger partial charge in [-0.25, -0.2) is 4.98 Å². The molecule has 21 heavy (non-hydrogen) atoms. The van der Waals surface area contributed by atoms with Crippen molar-refractivity contribution in [2.75, 3.05) is 11.9 Å². The molecule has 3 aromatic rings. The van der Waals surface area contributed by atoms with Crippen LogP contribution in [0.4, 0.5) is 5.69 Å². The van der Waals surface area contributed by atoms with Crippen LogP contribution in [0.1, 0.15) is 12.6 Å². The smallest absolute Gasteiger partial charge is 0.142 e. The van der Waals surface area contributed by atoms with Crippen molar-refractivity contribution in [1.82, 2.24) is 9.97 Å². The van der Waals surface area contributed by atoms with Crippen LogP contribution in [0.3, 0.4) is 0 Å². The van der Waals surface area contributed by atoms with Gasteiger partial charge in [0.1, 0.15) is 5.75 Å². The molecule has 3 rings (SSSR count). The summed E-state index contributed by atoms with van der Waals surface area (Å²) in [5.41, 5.74) is 3.69. The monoisotopic (exact) mass is 279 g/mol. The van der Waals surface area contributed by atoms with Crippen molar-refractivity contribution < 1.29 is 4.74 Å². The second kappa shape index (κ2) is 6.22. The number of rotatable bonds is 5. The molecule has 0 saturated heterocycles. The van der Waals surface area contributed by atoms with Crippen molar-refractivity contribution >= 4 is 16.7 Å². The molecular weight excluding hydrogens is 262 g/mol. The molecule has 0 saturated carbocycles. The minimum absolute atomic E-state index is 0.613. The van der Waals surface area contributed by atoms with Gasteiger partial charge in [0.25, 0.3) is 0 Å². The molecule has 0 bridgehead atoms. The van der Waals surface area contributed by atoms with Gasteiger partial charge in [0.2, 0.25) is 0 Å². The van der Waals surface area contributed by atoms with Crippen molar-refractivity contribution in [3.05, 3.63) is 60.4 Å². The van der Waals surface area contributed by atoms with Crippen LogP contribution in [0.25, 0.3) is 11.0 Å². The van der Waals surface area contributed by atoms with Crippen LogP contribution in [0, 0.1) is 0 Å². The largest absolute Gasteiger partial charge is 0.492 e. The van der Waals surface area contributed by atoms with Gasteiger partial charge in [-0.1, -0.05) is 24.3 Å². The summed E-state index contributed by atoms with van der Waals surface area (Å²) in [5, 5.41) is 3.35. The van der Waals surface area contributed by atoms with Crippen molar-refractivity contribution in [2.45, 2.75) is 13.5 Å². The molecule has 1 heterocycles. The Morgan fingerprint density at radius 2 is 1.76 bits per heavy atom. The summed E-state index contributed by atoms with van der Waals surface area (Å²) in [6.07, 6.45) is 1.80. The third-order valence-corrected chi connectivity index (χ3v) is 3.15. The van der Waals surface area contributed by atoms with E-state index < -0.39 is 0 Å². The molecule has 2 aromatic carbocycles. The van der Waals surface area contributed by atoms with Crippen LogP contribution in [0.5, 0.6) is 5.75 Å². The molecule has 0 fully saturated rings. The van der Waals surface area contributed by atoms with Gasteiger partial charge in [-0.05, 0) is 31.2 Å². The minimum Gasteiger partial charge on any atom is -0.492 e. The first-order chi connectivity index (χ1) is 10.4. The SMILES string of the molecule is CCOc1ccccc1NCc1cnc2ccccc2n1. The highest BCUT2D eigenvalue weighted by Gasteiger charge is 2.03. The minimum atomic E-state index is 0.613. The lowest BCUT2D eigenvalue weighted by Crippen LogP contribution is -2.04. The predicted molar refractivity (Wildman–Crippen MR) is 84.5 cm³/mol. The molecule has 4 nitrogen and oxygen atoms in total. The Morgan fingerprint density at radius 1 is 1.00 bits per heavy atom. The number of aromatic nitrogens is 2. The lowest BCUT2D eigenvalue weighted by Gasteiger charge is -2.11. The Labute approximate surface area is 123 Å². The van der Waals surface area contributed by atoms with Gasteiger partial charge < -0.3 is 10.1 Å². The van der Waals surface area contributed by atoms with E-state index >= 15 is 0 Å². The molecule has 0 atom stereocenters. The van der Waals surface area contributed by atoms with Crippen LogP contribution < -0.4 is 10.1 Å². The fourth-order valence-electron chi connectivity index (χ4n) is 2.16. The van der Waals surface area contributed by atoms with E-state index in [-0.39, 0.29) is 0 Å². The Kier molecular flexibility index (Phi) is 3.96. The lowest BCUT2D eigenvalue weighted by atomic mass is 10.2. The Hall–Kier alpha value is -2.62. The van der Waals surface area contributed by atoms with E-state index in [4.69, 9.17) is 4.74 Å². The first-order valence-electron chi connectivity index (χ1n) is 7.03. The maximum atomic E-state index is 5.60. The maximum Gasteiger partial charge on any atom is 0.142 e. The molecule has 4 heteroatoms. The first-order valence-corrected chi connectivity index (χ1v) is 7.03. The van der Waals surface area contributed by atoms with Crippen LogP contribution in [0.2, 0.25) is 0 Å². The van der Waals surface area contributed by atoms with E-state index in [0.29, 0.717) is 13.2 Å². The summed E-state index contributed by atoms with van der Waals surface area (Å²) in [6.45, 7) is 3.24. The Balaban J connectivity index is 1.77. The topological polar surface area (TPSA) is 47.0 Å². The molecule has 0 aliphatic rings. The van der Waals surface area contributed by atoms with E-state index in [1.807, 2.05) is 55.5 Å². The van der Waals surface area contributed by atoms with Crippen LogP contribution in [0.15, 0.2) is 54.7 Å². The van der Waals surface area contributed by atoms with E-state index in [1.165, 1.54) is 0 Å². The lowest BCUT2D eigenvalue weighted by molar-refractivity contribution is 0.341. The highest BCUT2D eigenvalue weighted by molar-refractivity contribution is 5.73. The van der Waals surface area contributed by atoms with Gasteiger partial charge in [-0.2, -0.15) is 0 Å². The second-order valence-electron chi connectivity index (χ2n) is 4.63. The molecule has 1 aromatic heterocycles. The molecule has 0 radical (unpaired) electrons. The van der Waals surface area contributed by atoms with Crippen molar-refractivity contribution in [3.63, 3.8) is 0 Å². The Morgan fingerprint density at radius 3 is 2.62 bits per heavy atom. The quantitative estimate of drug-likeness (QED) is 0.774. The number of hydrogen-bond acceptors (Lipinski definition) is 4. The number of anilines is 1. The summed E-state index contributed by atoms with van der Waals surface area (Å²) in [5.74, 6) is 0.855. The molecule has 0 amide bonds. The van der Waals surface area contributed by atoms with Crippen LogP contribution in [-0.2, 0) is 6.54 Å². The molecule has 1 N–H and O–H groups in total. The summed E-state index contributed by atoms with van der Waals surface area (Å²) in [4.78, 5) is 9.02. The number of fused-ring (bicyclic) bond motifs is 1. The number of benzene rings is 2. The number of nitrogens with zero attached hydrogens (tertiary/aromatic N) is 2. The number of hydrogen-bond donors (Lipinski definition) is 1. The summed E-state index contributed by atoms with van der Waals surface area (Å²) in [6, 6.07) is 15.8. The number of nitrogens with one attached hydrogen (secondary N) is 1. The van der Waals surface area contributed by atoms with Gasteiger partial charge in [0.15, 0.2) is 0 Å². The summed E-state index contributed by atoms with van der Waals surface area (Å²) in [7, 11) is 0. The third-order valence-electron chi connectivity index (χ3n) is 3.15. The average molecular weight is 279 g/mol. The summed E-state index contributed by atoms with van der Waals surface area (Å²) < 4.78 is 5.60. The van der Waals surface area contributed by atoms with Crippen molar-refractivity contribution in [1.29, 1.82) is 0 Å². The highest BCUT2D eigenvalue weighted by Crippen LogP contribution is 2.24. The van der Waals surface area contributed by atoms with E-state index in [1.54, 1.807) is 6.20 Å². The van der Waals surface area contributed by atoms with Crippen molar-refractivity contribution in [2.24, 2.45) is 0 Å². The Bertz CT molecular complexity index is 743. The molecule has 0 unspecified atom stereocenters. The second-order valence-corrected chi connectivity index (χ2v) is 4.63. The molecule has 0 aliphatic heterocycles. The van der Waals surface area contributed by atoms with Crippen molar-refractivity contribution in [3.8, 4) is 5.75 Å². The number of para-hydroxylation sites is 4. The molecule has 106 valence electrons. The zero-order chi connectivity index (χ0) is 14.5.